The molecule has 0 spiro atoms. The van der Waals surface area contributed by atoms with E-state index in [9.17, 15) is 9.59 Å². The molecule has 0 saturated carbocycles. The fourth-order valence-corrected chi connectivity index (χ4v) is 4.70. The summed E-state index contributed by atoms with van der Waals surface area (Å²) in [5, 5.41) is 0. The lowest BCUT2D eigenvalue weighted by molar-refractivity contribution is -0.319. The Hall–Kier alpha value is -1.44. The van der Waals surface area contributed by atoms with Gasteiger partial charge >= 0.3 is 11.9 Å². The van der Waals surface area contributed by atoms with Crippen LogP contribution in [0.25, 0.3) is 0 Å². The SMILES string of the molecule is CCOC(=O)/C=C/C(C)=C/[C@@H](C)[C@H]1OC2(C)OC(C(Br)C=C2COC(C)=O)C1C. The van der Waals surface area contributed by atoms with E-state index in [1.165, 1.54) is 13.0 Å². The summed E-state index contributed by atoms with van der Waals surface area (Å²) in [6.07, 6.45) is 7.12. The lowest BCUT2D eigenvalue weighted by Gasteiger charge is -2.52. The largest absolute Gasteiger partial charge is 0.463 e. The first-order chi connectivity index (χ1) is 13.6. The maximum absolute atomic E-state index is 11.5. The molecule has 0 aromatic rings. The van der Waals surface area contributed by atoms with Crippen molar-refractivity contribution in [2.45, 2.75) is 64.4 Å². The Morgan fingerprint density at radius 1 is 1.28 bits per heavy atom. The molecule has 0 N–H and O–H groups in total. The third-order valence-corrected chi connectivity index (χ3v) is 6.05. The number of fused-ring (bicyclic) bond motifs is 2. The first-order valence-electron chi connectivity index (χ1n) is 9.95. The minimum absolute atomic E-state index is 0.00326. The van der Waals surface area contributed by atoms with Crippen LogP contribution in [-0.2, 0) is 28.5 Å². The quantitative estimate of drug-likeness (QED) is 0.183. The number of carbonyl (C=O) groups excluding carboxylic acids is 2. The third-order valence-electron chi connectivity index (χ3n) is 5.26. The number of hydrogen-bond donors (Lipinski definition) is 0. The van der Waals surface area contributed by atoms with Crippen LogP contribution < -0.4 is 0 Å². The number of carbonyl (C=O) groups is 2. The van der Waals surface area contributed by atoms with Gasteiger partial charge in [-0.3, -0.25) is 4.79 Å². The Balaban J connectivity index is 2.18. The summed E-state index contributed by atoms with van der Waals surface area (Å²) in [5.41, 5.74) is 1.74. The molecule has 2 rings (SSSR count). The van der Waals surface area contributed by atoms with Gasteiger partial charge in [0.25, 0.3) is 0 Å². The Kier molecular flexibility index (Phi) is 8.26. The van der Waals surface area contributed by atoms with Crippen LogP contribution in [0.2, 0.25) is 0 Å². The van der Waals surface area contributed by atoms with Crippen LogP contribution in [-0.4, -0.2) is 48.0 Å². The van der Waals surface area contributed by atoms with E-state index in [4.69, 9.17) is 18.9 Å². The lowest BCUT2D eigenvalue weighted by atomic mass is 9.82. The first kappa shape index (κ1) is 23.8. The van der Waals surface area contributed by atoms with Crippen LogP contribution >= 0.6 is 15.9 Å². The van der Waals surface area contributed by atoms with Crippen molar-refractivity contribution in [1.29, 1.82) is 0 Å². The molecule has 2 heterocycles. The molecule has 4 unspecified atom stereocenters. The number of allylic oxidation sites excluding steroid dienone is 2. The van der Waals surface area contributed by atoms with Gasteiger partial charge in [-0.2, -0.15) is 0 Å². The van der Waals surface area contributed by atoms with Gasteiger partial charge in [-0.1, -0.05) is 53.6 Å². The van der Waals surface area contributed by atoms with Crippen molar-refractivity contribution in [3.63, 3.8) is 0 Å². The highest BCUT2D eigenvalue weighted by Gasteiger charge is 2.51. The monoisotopic (exact) mass is 470 g/mol. The minimum Gasteiger partial charge on any atom is -0.463 e. The summed E-state index contributed by atoms with van der Waals surface area (Å²) < 4.78 is 22.8. The maximum atomic E-state index is 11.5. The van der Waals surface area contributed by atoms with Crippen LogP contribution in [0.4, 0.5) is 0 Å². The van der Waals surface area contributed by atoms with Gasteiger partial charge in [-0.05, 0) is 20.8 Å². The van der Waals surface area contributed by atoms with Gasteiger partial charge < -0.3 is 18.9 Å². The molecule has 6 nitrogen and oxygen atoms in total. The van der Waals surface area contributed by atoms with Crippen molar-refractivity contribution in [3.05, 3.63) is 35.5 Å². The van der Waals surface area contributed by atoms with Crippen LogP contribution in [0.15, 0.2) is 35.5 Å². The normalized spacial score (nSPS) is 33.2. The van der Waals surface area contributed by atoms with Crippen LogP contribution in [0.5, 0.6) is 0 Å². The summed E-state index contributed by atoms with van der Waals surface area (Å²) in [4.78, 5) is 22.8. The second-order valence-corrected chi connectivity index (χ2v) is 8.80. The van der Waals surface area contributed by atoms with Crippen LogP contribution in [0.1, 0.15) is 41.5 Å². The van der Waals surface area contributed by atoms with E-state index in [1.807, 2.05) is 19.9 Å². The van der Waals surface area contributed by atoms with Gasteiger partial charge in [-0.25, -0.2) is 4.79 Å². The van der Waals surface area contributed by atoms with E-state index in [2.05, 4.69) is 35.9 Å². The standard InChI is InChI=1S/C22H31BrO6/c1-7-26-19(25)9-8-13(2)10-14(3)20-15(4)21-18(23)11-17(12-27-16(5)24)22(6,28-20)29-21/h8-11,14-15,18,20-21H,7,12H2,1-6H3/b9-8+,13-10+/t14-,15?,18?,20-,21?,22?/m1/s1. The smallest absolute Gasteiger partial charge is 0.330 e. The van der Waals surface area contributed by atoms with Gasteiger partial charge in [0, 0.05) is 30.4 Å². The van der Waals surface area contributed by atoms with E-state index >= 15 is 0 Å². The molecule has 0 aromatic heterocycles. The van der Waals surface area contributed by atoms with E-state index in [-0.39, 0.29) is 47.4 Å². The van der Waals surface area contributed by atoms with Crippen molar-refractivity contribution in [3.8, 4) is 0 Å². The average Bonchev–Trinajstić information content (AvgIpc) is 2.64. The lowest BCUT2D eigenvalue weighted by Crippen LogP contribution is -2.59. The van der Waals surface area contributed by atoms with Crippen LogP contribution in [0, 0.1) is 11.8 Å². The van der Waals surface area contributed by atoms with Crippen molar-refractivity contribution in [2.75, 3.05) is 13.2 Å². The highest BCUT2D eigenvalue weighted by Crippen LogP contribution is 2.45. The number of halogens is 1. The molecule has 162 valence electrons. The van der Waals surface area contributed by atoms with Gasteiger partial charge in [0.05, 0.1) is 23.6 Å². The molecule has 1 saturated heterocycles. The molecule has 0 aliphatic carbocycles. The molecule has 6 atom stereocenters. The van der Waals surface area contributed by atoms with Crippen LogP contribution in [0.3, 0.4) is 0 Å². The van der Waals surface area contributed by atoms with Gasteiger partial charge in [0.1, 0.15) is 6.61 Å². The Morgan fingerprint density at radius 2 is 1.97 bits per heavy atom. The predicted molar refractivity (Wildman–Crippen MR) is 113 cm³/mol. The average molecular weight is 471 g/mol. The summed E-state index contributed by atoms with van der Waals surface area (Å²) in [7, 11) is 0. The number of esters is 2. The summed E-state index contributed by atoms with van der Waals surface area (Å²) in [6.45, 7) is 11.7. The Bertz CT molecular complexity index is 712. The molecular formula is C22H31BrO6. The van der Waals surface area contributed by atoms with Crippen molar-refractivity contribution < 1.29 is 28.5 Å². The molecule has 0 aromatic carbocycles. The highest BCUT2D eigenvalue weighted by molar-refractivity contribution is 9.09. The second-order valence-electron chi connectivity index (χ2n) is 7.74. The molecule has 2 aliphatic heterocycles. The number of rotatable bonds is 7. The molecule has 29 heavy (non-hydrogen) atoms. The summed E-state index contributed by atoms with van der Waals surface area (Å²) >= 11 is 3.70. The maximum Gasteiger partial charge on any atom is 0.330 e. The highest BCUT2D eigenvalue weighted by atomic mass is 79.9. The third kappa shape index (κ3) is 6.03. The van der Waals surface area contributed by atoms with E-state index in [1.54, 1.807) is 13.0 Å². The Labute approximate surface area is 181 Å². The van der Waals surface area contributed by atoms with Gasteiger partial charge in [0.2, 0.25) is 0 Å². The molecular weight excluding hydrogens is 440 g/mol. The van der Waals surface area contributed by atoms with Crippen molar-refractivity contribution in [2.24, 2.45) is 11.8 Å². The molecule has 2 aliphatic rings. The second kappa shape index (κ2) is 10.0. The van der Waals surface area contributed by atoms with E-state index in [0.29, 0.717) is 6.61 Å². The molecule has 0 radical (unpaired) electrons. The summed E-state index contributed by atoms with van der Waals surface area (Å²) in [5.74, 6) is -1.43. The predicted octanol–water partition coefficient (Wildman–Crippen LogP) is 4.09. The van der Waals surface area contributed by atoms with Gasteiger partial charge in [-0.15, -0.1) is 0 Å². The van der Waals surface area contributed by atoms with E-state index < -0.39 is 5.79 Å². The number of alkyl halides is 1. The van der Waals surface area contributed by atoms with Crippen molar-refractivity contribution in [1.82, 2.24) is 0 Å². The van der Waals surface area contributed by atoms with Gasteiger partial charge in [0.15, 0.2) is 5.79 Å². The molecule has 0 amide bonds. The molecule has 1 fully saturated rings. The molecule has 2 bridgehead atoms. The Morgan fingerprint density at radius 3 is 2.59 bits per heavy atom. The zero-order valence-electron chi connectivity index (χ0n) is 17.9. The minimum atomic E-state index is -0.946. The zero-order chi connectivity index (χ0) is 21.8. The van der Waals surface area contributed by atoms with Crippen molar-refractivity contribution >= 4 is 27.9 Å². The first-order valence-corrected chi connectivity index (χ1v) is 10.9. The van der Waals surface area contributed by atoms with E-state index in [0.717, 1.165) is 11.1 Å². The fraction of sp³-hybridized carbons (Fsp3) is 0.636. The molecule has 7 heteroatoms. The fourth-order valence-electron chi connectivity index (χ4n) is 3.79. The summed E-state index contributed by atoms with van der Waals surface area (Å²) in [6, 6.07) is 0. The number of ether oxygens (including phenoxy) is 4. The number of hydrogen-bond acceptors (Lipinski definition) is 6. The zero-order valence-corrected chi connectivity index (χ0v) is 19.5. The topological polar surface area (TPSA) is 71.1 Å².